The highest BCUT2D eigenvalue weighted by molar-refractivity contribution is 8.00. The summed E-state index contributed by atoms with van der Waals surface area (Å²) in [6, 6.07) is 21.2. The summed E-state index contributed by atoms with van der Waals surface area (Å²) in [7, 11) is 0. The predicted molar refractivity (Wildman–Crippen MR) is 125 cm³/mol. The fraction of sp³-hybridized carbons (Fsp3) is 0.120. The molecule has 0 aliphatic heterocycles. The Morgan fingerprint density at radius 1 is 0.909 bits per heavy atom. The number of nitrogens with zero attached hydrogens (tertiary/aromatic N) is 4. The molecular weight excluding hydrogens is 442 g/mol. The zero-order valence-corrected chi connectivity index (χ0v) is 18.2. The van der Waals surface area contributed by atoms with E-state index in [-0.39, 0.29) is 30.4 Å². The number of nitriles is 1. The molecule has 0 spiro atoms. The fourth-order valence-electron chi connectivity index (χ4n) is 3.40. The predicted octanol–water partition coefficient (Wildman–Crippen LogP) is 5.61. The monoisotopic (exact) mass is 460 g/mol. The number of carbonyl (C=O) groups excluding carboxylic acids is 1. The van der Waals surface area contributed by atoms with Crippen molar-refractivity contribution < 1.29 is 13.6 Å². The number of thioether (sulfide) groups is 1. The van der Waals surface area contributed by atoms with Gasteiger partial charge in [-0.25, -0.2) is 8.78 Å². The second kappa shape index (κ2) is 10.2. The highest BCUT2D eigenvalue weighted by atomic mass is 32.2. The number of halogens is 2. The second-order valence-corrected chi connectivity index (χ2v) is 8.09. The summed E-state index contributed by atoms with van der Waals surface area (Å²) >= 11 is 1.24. The average Bonchev–Trinajstić information content (AvgIpc) is 2.84. The fourth-order valence-corrected chi connectivity index (χ4v) is 4.24. The minimum absolute atomic E-state index is 0.0668. The molecule has 0 saturated heterocycles. The van der Waals surface area contributed by atoms with Gasteiger partial charge in [0.25, 0.3) is 0 Å². The van der Waals surface area contributed by atoms with E-state index in [2.05, 4.69) is 10.2 Å². The van der Waals surface area contributed by atoms with E-state index in [1.165, 1.54) is 53.1 Å². The van der Waals surface area contributed by atoms with Crippen molar-refractivity contribution in [2.75, 3.05) is 17.2 Å². The summed E-state index contributed by atoms with van der Waals surface area (Å²) in [6.45, 7) is 0.206. The van der Waals surface area contributed by atoms with Gasteiger partial charge in [0, 0.05) is 28.6 Å². The van der Waals surface area contributed by atoms with Crippen molar-refractivity contribution in [3.8, 4) is 17.3 Å². The van der Waals surface area contributed by atoms with Gasteiger partial charge in [-0.3, -0.25) is 4.79 Å². The summed E-state index contributed by atoms with van der Waals surface area (Å²) in [5, 5.41) is 19.9. The lowest BCUT2D eigenvalue weighted by molar-refractivity contribution is -0.116. The van der Waals surface area contributed by atoms with E-state index < -0.39 is 5.82 Å². The number of hydrogen-bond donors (Lipinski definition) is 0. The normalized spacial score (nSPS) is 10.7. The van der Waals surface area contributed by atoms with Crippen LogP contribution in [0, 0.1) is 23.0 Å². The van der Waals surface area contributed by atoms with Gasteiger partial charge in [0.05, 0.1) is 18.2 Å². The Balaban J connectivity index is 1.59. The third kappa shape index (κ3) is 5.16. The molecule has 1 heterocycles. The maximum atomic E-state index is 13.3. The number of amides is 1. The van der Waals surface area contributed by atoms with Crippen molar-refractivity contribution >= 4 is 34.1 Å². The van der Waals surface area contributed by atoms with E-state index in [9.17, 15) is 13.6 Å². The van der Waals surface area contributed by atoms with Gasteiger partial charge in [-0.05, 0) is 48.5 Å². The molecule has 5 nitrogen and oxygen atoms in total. The van der Waals surface area contributed by atoms with Gasteiger partial charge in [-0.15, -0.1) is 10.2 Å². The van der Waals surface area contributed by atoms with Crippen LogP contribution in [0.4, 0.5) is 14.5 Å². The molecule has 0 atom stereocenters. The van der Waals surface area contributed by atoms with Crippen LogP contribution in [0.15, 0.2) is 77.8 Å². The van der Waals surface area contributed by atoms with Crippen molar-refractivity contribution in [1.29, 1.82) is 5.26 Å². The van der Waals surface area contributed by atoms with Gasteiger partial charge in [0.1, 0.15) is 22.4 Å². The van der Waals surface area contributed by atoms with Crippen molar-refractivity contribution in [2.45, 2.75) is 11.4 Å². The molecule has 0 bridgehead atoms. The zero-order chi connectivity index (χ0) is 23.2. The quantitative estimate of drug-likeness (QED) is 0.335. The number of anilines is 1. The van der Waals surface area contributed by atoms with E-state index >= 15 is 0 Å². The van der Waals surface area contributed by atoms with E-state index in [1.807, 2.05) is 30.3 Å². The third-order valence-electron chi connectivity index (χ3n) is 4.99. The lowest BCUT2D eigenvalue weighted by Crippen LogP contribution is -2.33. The van der Waals surface area contributed by atoms with Crippen LogP contribution in [0.2, 0.25) is 0 Å². The van der Waals surface area contributed by atoms with Crippen LogP contribution in [0.25, 0.3) is 22.0 Å². The molecule has 4 aromatic rings. The topological polar surface area (TPSA) is 69.9 Å². The van der Waals surface area contributed by atoms with Crippen LogP contribution in [-0.2, 0) is 4.79 Å². The summed E-state index contributed by atoms with van der Waals surface area (Å²) < 4.78 is 26.6. The summed E-state index contributed by atoms with van der Waals surface area (Å²) in [5.41, 5.74) is 1.90. The van der Waals surface area contributed by atoms with Crippen LogP contribution in [0.3, 0.4) is 0 Å². The lowest BCUT2D eigenvalue weighted by atomic mass is 10.1. The molecule has 8 heteroatoms. The Bertz CT molecular complexity index is 1320. The Labute approximate surface area is 193 Å². The Morgan fingerprint density at radius 3 is 2.21 bits per heavy atom. The maximum Gasteiger partial charge on any atom is 0.237 e. The molecule has 1 aromatic heterocycles. The molecule has 0 fully saturated rings. The molecule has 0 aliphatic carbocycles. The highest BCUT2D eigenvalue weighted by Crippen LogP contribution is 2.32. The first-order valence-corrected chi connectivity index (χ1v) is 11.1. The smallest absolute Gasteiger partial charge is 0.237 e. The summed E-state index contributed by atoms with van der Waals surface area (Å²) in [6.07, 6.45) is 0.156. The molecule has 33 heavy (non-hydrogen) atoms. The van der Waals surface area contributed by atoms with E-state index in [4.69, 9.17) is 5.26 Å². The van der Waals surface area contributed by atoms with Crippen LogP contribution in [0.5, 0.6) is 0 Å². The number of aromatic nitrogens is 2. The Kier molecular flexibility index (Phi) is 6.91. The van der Waals surface area contributed by atoms with E-state index in [0.29, 0.717) is 16.4 Å². The maximum absolute atomic E-state index is 13.3. The molecule has 1 amide bonds. The van der Waals surface area contributed by atoms with Gasteiger partial charge in [-0.2, -0.15) is 5.26 Å². The Hall–Kier alpha value is -3.83. The molecular formula is C25H18F2N4OS. The highest BCUT2D eigenvalue weighted by Gasteiger charge is 2.18. The van der Waals surface area contributed by atoms with Crippen LogP contribution < -0.4 is 4.90 Å². The Morgan fingerprint density at radius 2 is 1.55 bits per heavy atom. The minimum Gasteiger partial charge on any atom is -0.311 e. The molecule has 0 saturated carbocycles. The van der Waals surface area contributed by atoms with E-state index in [0.717, 1.165) is 16.3 Å². The molecule has 0 N–H and O–H groups in total. The van der Waals surface area contributed by atoms with E-state index in [1.54, 1.807) is 12.1 Å². The van der Waals surface area contributed by atoms with Crippen molar-refractivity contribution in [3.05, 3.63) is 84.4 Å². The van der Waals surface area contributed by atoms with Gasteiger partial charge in [0.2, 0.25) is 5.91 Å². The van der Waals surface area contributed by atoms with Gasteiger partial charge in [-0.1, -0.05) is 36.0 Å². The zero-order valence-electron chi connectivity index (χ0n) is 17.4. The first-order chi connectivity index (χ1) is 16.1. The number of rotatable bonds is 7. The van der Waals surface area contributed by atoms with Gasteiger partial charge >= 0.3 is 0 Å². The largest absolute Gasteiger partial charge is 0.311 e. The third-order valence-corrected chi connectivity index (χ3v) is 5.96. The van der Waals surface area contributed by atoms with Crippen LogP contribution in [-0.4, -0.2) is 28.4 Å². The first-order valence-electron chi connectivity index (χ1n) is 10.1. The molecule has 0 aliphatic rings. The molecule has 164 valence electrons. The van der Waals surface area contributed by atoms with Crippen molar-refractivity contribution in [2.24, 2.45) is 0 Å². The standard InChI is InChI=1S/C25H18F2N4OS/c26-18-8-6-17(7-9-18)24-21-4-1-2-5-22(21)25(30-29-24)33-16-23(32)31(15-3-14-28)20-12-10-19(27)11-13-20/h1-2,4-13H,3,15-16H2. The van der Waals surface area contributed by atoms with Gasteiger partial charge in [0.15, 0.2) is 0 Å². The number of benzene rings is 3. The number of fused-ring (bicyclic) bond motifs is 1. The second-order valence-electron chi connectivity index (χ2n) is 7.12. The number of carbonyl (C=O) groups is 1. The van der Waals surface area contributed by atoms with Crippen molar-refractivity contribution in [1.82, 2.24) is 10.2 Å². The molecule has 0 unspecified atom stereocenters. The molecule has 4 rings (SSSR count). The molecule has 3 aromatic carbocycles. The van der Waals surface area contributed by atoms with Crippen LogP contribution in [0.1, 0.15) is 6.42 Å². The van der Waals surface area contributed by atoms with Crippen molar-refractivity contribution in [3.63, 3.8) is 0 Å². The average molecular weight is 461 g/mol. The van der Waals surface area contributed by atoms with Gasteiger partial charge < -0.3 is 4.90 Å². The first kappa shape index (κ1) is 22.4. The minimum atomic E-state index is -0.399. The summed E-state index contributed by atoms with van der Waals surface area (Å²) in [4.78, 5) is 14.5. The number of hydrogen-bond acceptors (Lipinski definition) is 5. The van der Waals surface area contributed by atoms with Crippen LogP contribution >= 0.6 is 11.8 Å². The SMILES string of the molecule is N#CCCN(C(=O)CSc1nnc(-c2ccc(F)cc2)c2ccccc12)c1ccc(F)cc1. The molecule has 0 radical (unpaired) electrons. The summed E-state index contributed by atoms with van der Waals surface area (Å²) in [5.74, 6) is -0.889. The lowest BCUT2D eigenvalue weighted by Gasteiger charge is -2.21.